The molecule has 2 fully saturated rings. The molecule has 0 saturated heterocycles. The maximum Gasteiger partial charge on any atom is 0.246 e. The summed E-state index contributed by atoms with van der Waals surface area (Å²) < 4.78 is 5.60. The largest absolute Gasteiger partial charge is 0.411 e. The number of oxime groups is 1. The van der Waals surface area contributed by atoms with E-state index >= 15 is 0 Å². The van der Waals surface area contributed by atoms with Gasteiger partial charge in [-0.2, -0.15) is 0 Å². The van der Waals surface area contributed by atoms with Crippen molar-refractivity contribution in [2.75, 3.05) is 6.61 Å². The zero-order valence-electron chi connectivity index (χ0n) is 10.7. The lowest BCUT2D eigenvalue weighted by atomic mass is 9.96. The van der Waals surface area contributed by atoms with Crippen LogP contribution in [0.15, 0.2) is 5.16 Å². The van der Waals surface area contributed by atoms with Gasteiger partial charge >= 0.3 is 0 Å². The van der Waals surface area contributed by atoms with Gasteiger partial charge in [0.25, 0.3) is 0 Å². The molecule has 2 aliphatic rings. The Morgan fingerprint density at radius 3 is 2.56 bits per heavy atom. The van der Waals surface area contributed by atoms with E-state index < -0.39 is 0 Å². The first kappa shape index (κ1) is 13.3. The van der Waals surface area contributed by atoms with Crippen molar-refractivity contribution in [3.63, 3.8) is 0 Å². The lowest BCUT2D eigenvalue weighted by Crippen LogP contribution is -2.36. The number of carbonyl (C=O) groups excluding carboxylic acids is 1. The standard InChI is InChI=1S/C13H22N2O3/c16-13(14-10-3-1-2-4-10)9-18-12-7-5-11(15-17)6-8-12/h10,12,17H,1-9H2,(H,14,16). The first-order valence-electron chi connectivity index (χ1n) is 6.88. The molecule has 0 aliphatic heterocycles. The molecule has 2 aliphatic carbocycles. The molecule has 102 valence electrons. The third-order valence-electron chi connectivity index (χ3n) is 3.82. The molecular formula is C13H22N2O3. The Balaban J connectivity index is 1.61. The van der Waals surface area contributed by atoms with E-state index in [4.69, 9.17) is 9.94 Å². The maximum absolute atomic E-state index is 11.7. The number of ether oxygens (including phenoxy) is 1. The number of amides is 1. The Morgan fingerprint density at radius 2 is 1.94 bits per heavy atom. The Kier molecular flexibility index (Phi) is 4.99. The molecule has 1 amide bonds. The third kappa shape index (κ3) is 3.98. The fourth-order valence-corrected chi connectivity index (χ4v) is 2.72. The predicted molar refractivity (Wildman–Crippen MR) is 67.8 cm³/mol. The van der Waals surface area contributed by atoms with Crippen LogP contribution in [0.4, 0.5) is 0 Å². The molecule has 0 spiro atoms. The lowest BCUT2D eigenvalue weighted by molar-refractivity contribution is -0.128. The van der Waals surface area contributed by atoms with Crippen LogP contribution in [0.5, 0.6) is 0 Å². The van der Waals surface area contributed by atoms with Crippen molar-refractivity contribution < 1.29 is 14.7 Å². The van der Waals surface area contributed by atoms with Crippen LogP contribution in [0.2, 0.25) is 0 Å². The normalized spacial score (nSPS) is 25.1. The molecule has 0 heterocycles. The summed E-state index contributed by atoms with van der Waals surface area (Å²) in [7, 11) is 0. The van der Waals surface area contributed by atoms with Gasteiger partial charge in [0.05, 0.1) is 11.8 Å². The van der Waals surface area contributed by atoms with E-state index in [1.807, 2.05) is 0 Å². The minimum absolute atomic E-state index is 0.00326. The minimum atomic E-state index is 0.00326. The van der Waals surface area contributed by atoms with Gasteiger partial charge in [0, 0.05) is 6.04 Å². The Hall–Kier alpha value is -1.10. The molecule has 2 N–H and O–H groups in total. The van der Waals surface area contributed by atoms with Crippen molar-refractivity contribution in [2.45, 2.75) is 63.5 Å². The second-order valence-electron chi connectivity index (χ2n) is 5.23. The summed E-state index contributed by atoms with van der Waals surface area (Å²) in [6.07, 6.45) is 8.00. The fraction of sp³-hybridized carbons (Fsp3) is 0.846. The molecule has 5 nitrogen and oxygen atoms in total. The quantitative estimate of drug-likeness (QED) is 0.594. The highest BCUT2D eigenvalue weighted by molar-refractivity contribution is 5.84. The van der Waals surface area contributed by atoms with E-state index in [2.05, 4.69) is 10.5 Å². The number of nitrogens with zero attached hydrogens (tertiary/aromatic N) is 1. The summed E-state index contributed by atoms with van der Waals surface area (Å²) in [5.74, 6) is 0.00326. The molecular weight excluding hydrogens is 232 g/mol. The summed E-state index contributed by atoms with van der Waals surface area (Å²) in [5, 5.41) is 14.9. The zero-order valence-corrected chi connectivity index (χ0v) is 10.7. The zero-order chi connectivity index (χ0) is 12.8. The van der Waals surface area contributed by atoms with Crippen molar-refractivity contribution in [3.05, 3.63) is 0 Å². The van der Waals surface area contributed by atoms with Crippen LogP contribution < -0.4 is 5.32 Å². The van der Waals surface area contributed by atoms with Gasteiger partial charge in [0.1, 0.15) is 6.61 Å². The lowest BCUT2D eigenvalue weighted by Gasteiger charge is -2.22. The van der Waals surface area contributed by atoms with Gasteiger partial charge in [-0.15, -0.1) is 0 Å². The molecule has 0 aromatic carbocycles. The van der Waals surface area contributed by atoms with Crippen LogP contribution in [0.25, 0.3) is 0 Å². The van der Waals surface area contributed by atoms with Crippen LogP contribution in [0.3, 0.4) is 0 Å². The summed E-state index contributed by atoms with van der Waals surface area (Å²) in [6, 6.07) is 0.362. The highest BCUT2D eigenvalue weighted by atomic mass is 16.5. The molecule has 2 saturated carbocycles. The molecule has 5 heteroatoms. The van der Waals surface area contributed by atoms with Gasteiger partial charge in [0.2, 0.25) is 5.91 Å². The van der Waals surface area contributed by atoms with E-state index in [9.17, 15) is 4.79 Å². The van der Waals surface area contributed by atoms with Gasteiger partial charge < -0.3 is 15.3 Å². The van der Waals surface area contributed by atoms with Gasteiger partial charge in [-0.05, 0) is 38.5 Å². The number of hydrogen-bond donors (Lipinski definition) is 2. The van der Waals surface area contributed by atoms with Crippen molar-refractivity contribution in [2.24, 2.45) is 5.16 Å². The van der Waals surface area contributed by atoms with Gasteiger partial charge in [-0.1, -0.05) is 18.0 Å². The van der Waals surface area contributed by atoms with E-state index in [-0.39, 0.29) is 18.6 Å². The Labute approximate surface area is 108 Å². The summed E-state index contributed by atoms with van der Waals surface area (Å²) in [6.45, 7) is 0.159. The SMILES string of the molecule is O=C(COC1CCC(=NO)CC1)NC1CCCC1. The smallest absolute Gasteiger partial charge is 0.246 e. The molecule has 0 atom stereocenters. The number of hydrogen-bond acceptors (Lipinski definition) is 4. The van der Waals surface area contributed by atoms with Gasteiger partial charge in [0.15, 0.2) is 0 Å². The Bertz CT molecular complexity index is 301. The molecule has 0 aromatic rings. The van der Waals surface area contributed by atoms with Gasteiger partial charge in [-0.25, -0.2) is 0 Å². The molecule has 0 unspecified atom stereocenters. The maximum atomic E-state index is 11.7. The fourth-order valence-electron chi connectivity index (χ4n) is 2.72. The van der Waals surface area contributed by atoms with E-state index in [1.54, 1.807) is 0 Å². The van der Waals surface area contributed by atoms with Crippen LogP contribution >= 0.6 is 0 Å². The molecule has 0 aromatic heterocycles. The van der Waals surface area contributed by atoms with Crippen molar-refractivity contribution in [3.8, 4) is 0 Å². The summed E-state index contributed by atoms with van der Waals surface area (Å²) in [4.78, 5) is 11.7. The Morgan fingerprint density at radius 1 is 1.28 bits per heavy atom. The van der Waals surface area contributed by atoms with Crippen molar-refractivity contribution >= 4 is 11.6 Å². The monoisotopic (exact) mass is 254 g/mol. The van der Waals surface area contributed by atoms with Crippen LogP contribution in [-0.4, -0.2) is 35.6 Å². The highest BCUT2D eigenvalue weighted by Crippen LogP contribution is 2.19. The van der Waals surface area contributed by atoms with Crippen LogP contribution in [-0.2, 0) is 9.53 Å². The minimum Gasteiger partial charge on any atom is -0.411 e. The van der Waals surface area contributed by atoms with Crippen LogP contribution in [0, 0.1) is 0 Å². The molecule has 18 heavy (non-hydrogen) atoms. The molecule has 2 rings (SSSR count). The molecule has 0 radical (unpaired) electrons. The average Bonchev–Trinajstić information content (AvgIpc) is 2.90. The van der Waals surface area contributed by atoms with Crippen molar-refractivity contribution in [1.29, 1.82) is 0 Å². The van der Waals surface area contributed by atoms with Crippen molar-refractivity contribution in [1.82, 2.24) is 5.32 Å². The second-order valence-corrected chi connectivity index (χ2v) is 5.23. The number of rotatable bonds is 4. The summed E-state index contributed by atoms with van der Waals surface area (Å²) in [5.41, 5.74) is 0.838. The first-order chi connectivity index (χ1) is 8.78. The summed E-state index contributed by atoms with van der Waals surface area (Å²) >= 11 is 0. The van der Waals surface area contributed by atoms with Gasteiger partial charge in [-0.3, -0.25) is 4.79 Å². The number of carbonyl (C=O) groups is 1. The third-order valence-corrected chi connectivity index (χ3v) is 3.82. The van der Waals surface area contributed by atoms with E-state index in [0.29, 0.717) is 6.04 Å². The number of nitrogens with one attached hydrogen (secondary N) is 1. The molecule has 0 bridgehead atoms. The highest BCUT2D eigenvalue weighted by Gasteiger charge is 2.21. The van der Waals surface area contributed by atoms with E-state index in [1.165, 1.54) is 12.8 Å². The average molecular weight is 254 g/mol. The first-order valence-corrected chi connectivity index (χ1v) is 6.88. The van der Waals surface area contributed by atoms with Crippen LogP contribution in [0.1, 0.15) is 51.4 Å². The van der Waals surface area contributed by atoms with E-state index in [0.717, 1.165) is 44.2 Å². The topological polar surface area (TPSA) is 70.9 Å². The second kappa shape index (κ2) is 6.73. The predicted octanol–water partition coefficient (Wildman–Crippen LogP) is 1.83.